The second-order valence-electron chi connectivity index (χ2n) is 5.52. The molecular weight excluding hydrogens is 202 g/mol. The van der Waals surface area contributed by atoms with Crippen LogP contribution < -0.4 is 5.32 Å². The van der Waals surface area contributed by atoms with Gasteiger partial charge in [-0.2, -0.15) is 0 Å². The van der Waals surface area contributed by atoms with Crippen molar-refractivity contribution in [1.29, 1.82) is 0 Å². The summed E-state index contributed by atoms with van der Waals surface area (Å²) in [6, 6.07) is 0.440. The molecule has 0 aliphatic heterocycles. The topological polar surface area (TPSA) is 49.3 Å². The van der Waals surface area contributed by atoms with Crippen molar-refractivity contribution in [3.63, 3.8) is 0 Å². The van der Waals surface area contributed by atoms with E-state index in [0.717, 1.165) is 31.6 Å². The van der Waals surface area contributed by atoms with E-state index in [1.807, 2.05) is 0 Å². The Hall–Kier alpha value is -0.570. The molecule has 2 rings (SSSR count). The molecule has 2 fully saturated rings. The Labute approximate surface area is 97.6 Å². The molecule has 92 valence electrons. The van der Waals surface area contributed by atoms with Crippen molar-refractivity contribution < 1.29 is 9.90 Å². The molecule has 3 heteroatoms. The van der Waals surface area contributed by atoms with Gasteiger partial charge in [0.25, 0.3) is 0 Å². The molecule has 0 bridgehead atoms. The summed E-state index contributed by atoms with van der Waals surface area (Å²) in [4.78, 5) is 11.3. The molecule has 2 aliphatic rings. The van der Waals surface area contributed by atoms with Crippen LogP contribution in [0.25, 0.3) is 0 Å². The molecule has 16 heavy (non-hydrogen) atoms. The quantitative estimate of drug-likeness (QED) is 0.773. The summed E-state index contributed by atoms with van der Waals surface area (Å²) >= 11 is 0. The van der Waals surface area contributed by atoms with E-state index in [0.29, 0.717) is 6.04 Å². The summed E-state index contributed by atoms with van der Waals surface area (Å²) in [5, 5.41) is 12.7. The van der Waals surface area contributed by atoms with Crippen molar-refractivity contribution in [3.05, 3.63) is 0 Å². The molecule has 0 aromatic heterocycles. The number of carbonyl (C=O) groups is 1. The summed E-state index contributed by atoms with van der Waals surface area (Å²) in [6.45, 7) is 2.24. The first-order valence-electron chi connectivity index (χ1n) is 6.67. The molecule has 3 nitrogen and oxygen atoms in total. The molecule has 0 aromatic rings. The van der Waals surface area contributed by atoms with E-state index in [1.165, 1.54) is 25.7 Å². The molecule has 2 aliphatic carbocycles. The van der Waals surface area contributed by atoms with Gasteiger partial charge in [-0.15, -0.1) is 0 Å². The van der Waals surface area contributed by atoms with E-state index in [-0.39, 0.29) is 0 Å². The summed E-state index contributed by atoms with van der Waals surface area (Å²) in [5.41, 5.74) is -0.569. The zero-order valence-electron chi connectivity index (χ0n) is 10.2. The third kappa shape index (κ3) is 2.24. The van der Waals surface area contributed by atoms with Crippen LogP contribution in [-0.2, 0) is 4.79 Å². The summed E-state index contributed by atoms with van der Waals surface area (Å²) < 4.78 is 0. The van der Waals surface area contributed by atoms with Crippen molar-refractivity contribution >= 4 is 5.97 Å². The second kappa shape index (κ2) is 4.74. The smallest absolute Gasteiger partial charge is 0.323 e. The van der Waals surface area contributed by atoms with Gasteiger partial charge in [-0.3, -0.25) is 10.1 Å². The fourth-order valence-corrected chi connectivity index (χ4v) is 3.13. The predicted octanol–water partition coefficient (Wildman–Crippen LogP) is 2.55. The lowest BCUT2D eigenvalue weighted by Gasteiger charge is -2.43. The first kappa shape index (κ1) is 11.9. The zero-order chi connectivity index (χ0) is 11.6. The minimum absolute atomic E-state index is 0.440. The fourth-order valence-electron chi connectivity index (χ4n) is 3.13. The highest BCUT2D eigenvalue weighted by atomic mass is 16.4. The Kier molecular flexibility index (Phi) is 3.53. The van der Waals surface area contributed by atoms with Gasteiger partial charge in [-0.05, 0) is 38.0 Å². The van der Waals surface area contributed by atoms with Gasteiger partial charge in [-0.1, -0.05) is 26.2 Å². The van der Waals surface area contributed by atoms with Gasteiger partial charge in [0, 0.05) is 6.04 Å². The maximum absolute atomic E-state index is 11.3. The van der Waals surface area contributed by atoms with Gasteiger partial charge in [0.1, 0.15) is 5.54 Å². The lowest BCUT2D eigenvalue weighted by Crippen LogP contribution is -2.60. The maximum Gasteiger partial charge on any atom is 0.323 e. The lowest BCUT2D eigenvalue weighted by atomic mass is 9.74. The number of hydrogen-bond acceptors (Lipinski definition) is 2. The van der Waals surface area contributed by atoms with E-state index < -0.39 is 11.5 Å². The molecule has 2 atom stereocenters. The van der Waals surface area contributed by atoms with Crippen LogP contribution in [0.1, 0.15) is 58.3 Å². The average molecular weight is 225 g/mol. The lowest BCUT2D eigenvalue weighted by molar-refractivity contribution is -0.149. The molecule has 0 heterocycles. The Bertz CT molecular complexity index is 261. The molecule has 2 N–H and O–H groups in total. The molecule has 2 saturated carbocycles. The maximum atomic E-state index is 11.3. The number of aliphatic carboxylic acids is 1. The number of hydrogen-bond donors (Lipinski definition) is 2. The average Bonchev–Trinajstić information content (AvgIpc) is 2.23. The Balaban J connectivity index is 1.90. The van der Waals surface area contributed by atoms with Gasteiger partial charge < -0.3 is 5.11 Å². The highest BCUT2D eigenvalue weighted by molar-refractivity contribution is 5.80. The summed E-state index contributed by atoms with van der Waals surface area (Å²) in [7, 11) is 0. The standard InChI is InChI=1S/C13H23NO2/c1-2-10-5-3-6-11(9-10)14-13(12(15)16)7-4-8-13/h10-11,14H,2-9H2,1H3,(H,15,16). The van der Waals surface area contributed by atoms with Gasteiger partial charge in [0.15, 0.2) is 0 Å². The van der Waals surface area contributed by atoms with Crippen LogP contribution in [0.4, 0.5) is 0 Å². The molecule has 0 aromatic carbocycles. The van der Waals surface area contributed by atoms with Crippen LogP contribution in [0.3, 0.4) is 0 Å². The van der Waals surface area contributed by atoms with Crippen molar-refractivity contribution in [2.45, 2.75) is 69.9 Å². The van der Waals surface area contributed by atoms with Gasteiger partial charge >= 0.3 is 5.97 Å². The summed E-state index contributed by atoms with van der Waals surface area (Å²) in [5.74, 6) is 0.162. The Morgan fingerprint density at radius 3 is 2.62 bits per heavy atom. The Morgan fingerprint density at radius 2 is 2.12 bits per heavy atom. The van der Waals surface area contributed by atoms with Crippen molar-refractivity contribution in [2.24, 2.45) is 5.92 Å². The van der Waals surface area contributed by atoms with E-state index in [9.17, 15) is 9.90 Å². The van der Waals surface area contributed by atoms with Crippen LogP contribution in [0, 0.1) is 5.92 Å². The van der Waals surface area contributed by atoms with Crippen LogP contribution in [-0.4, -0.2) is 22.7 Å². The third-order valence-corrected chi connectivity index (χ3v) is 4.46. The number of nitrogens with one attached hydrogen (secondary N) is 1. The normalized spacial score (nSPS) is 33.1. The SMILES string of the molecule is CCC1CCCC(NC2(C(=O)O)CCC2)C1. The number of carboxylic acids is 1. The van der Waals surface area contributed by atoms with Gasteiger partial charge in [-0.25, -0.2) is 0 Å². The highest BCUT2D eigenvalue weighted by Crippen LogP contribution is 2.35. The highest BCUT2D eigenvalue weighted by Gasteiger charge is 2.45. The second-order valence-corrected chi connectivity index (χ2v) is 5.52. The van der Waals surface area contributed by atoms with Crippen LogP contribution in [0.5, 0.6) is 0 Å². The third-order valence-electron chi connectivity index (χ3n) is 4.46. The Morgan fingerprint density at radius 1 is 1.38 bits per heavy atom. The zero-order valence-corrected chi connectivity index (χ0v) is 10.2. The minimum atomic E-state index is -0.641. The van der Waals surface area contributed by atoms with Crippen LogP contribution >= 0.6 is 0 Å². The van der Waals surface area contributed by atoms with E-state index in [1.54, 1.807) is 0 Å². The van der Waals surface area contributed by atoms with E-state index >= 15 is 0 Å². The monoisotopic (exact) mass is 225 g/mol. The van der Waals surface area contributed by atoms with E-state index in [2.05, 4.69) is 12.2 Å². The first-order valence-corrected chi connectivity index (χ1v) is 6.67. The molecule has 0 radical (unpaired) electrons. The van der Waals surface area contributed by atoms with Crippen LogP contribution in [0.2, 0.25) is 0 Å². The number of rotatable bonds is 4. The molecular formula is C13H23NO2. The van der Waals surface area contributed by atoms with Crippen molar-refractivity contribution in [2.75, 3.05) is 0 Å². The minimum Gasteiger partial charge on any atom is -0.480 e. The molecule has 0 saturated heterocycles. The van der Waals surface area contributed by atoms with Crippen molar-refractivity contribution in [3.8, 4) is 0 Å². The van der Waals surface area contributed by atoms with Gasteiger partial charge in [0.2, 0.25) is 0 Å². The van der Waals surface area contributed by atoms with E-state index in [4.69, 9.17) is 0 Å². The predicted molar refractivity (Wildman–Crippen MR) is 63.4 cm³/mol. The molecule has 0 amide bonds. The summed E-state index contributed by atoms with van der Waals surface area (Å²) in [6.07, 6.45) is 8.84. The first-order chi connectivity index (χ1) is 7.66. The largest absolute Gasteiger partial charge is 0.480 e. The van der Waals surface area contributed by atoms with Crippen LogP contribution in [0.15, 0.2) is 0 Å². The van der Waals surface area contributed by atoms with Crippen molar-refractivity contribution in [1.82, 2.24) is 5.32 Å². The molecule has 0 spiro atoms. The molecule has 2 unspecified atom stereocenters. The fraction of sp³-hybridized carbons (Fsp3) is 0.923. The van der Waals surface area contributed by atoms with Gasteiger partial charge in [0.05, 0.1) is 0 Å². The number of carboxylic acid groups (broad SMARTS) is 1.